The molecule has 2 heterocycles. The zero-order valence-electron chi connectivity index (χ0n) is 16.2. The molecule has 1 amide bonds. The molecule has 3 rings (SSSR count). The molecule has 0 radical (unpaired) electrons. The van der Waals surface area contributed by atoms with Gasteiger partial charge in [0, 0.05) is 18.7 Å². The molecule has 2 aromatic rings. The van der Waals surface area contributed by atoms with E-state index in [0.717, 1.165) is 38.0 Å². The average Bonchev–Trinajstić information content (AvgIpc) is 3.31. The number of hydrogen-bond donors (Lipinski definition) is 3. The van der Waals surface area contributed by atoms with Crippen LogP contribution in [-0.2, 0) is 23.5 Å². The Labute approximate surface area is 164 Å². The Balaban J connectivity index is 1.60. The van der Waals surface area contributed by atoms with E-state index in [4.69, 9.17) is 5.21 Å². The summed E-state index contributed by atoms with van der Waals surface area (Å²) in [5.74, 6) is -0.551. The molecule has 1 aliphatic heterocycles. The highest BCUT2D eigenvalue weighted by Gasteiger charge is 2.26. The fourth-order valence-electron chi connectivity index (χ4n) is 3.37. The Hall–Kier alpha value is -2.55. The minimum absolute atomic E-state index is 0.379. The van der Waals surface area contributed by atoms with E-state index >= 15 is 0 Å². The highest BCUT2D eigenvalue weighted by atomic mass is 16.5. The lowest BCUT2D eigenvalue weighted by Crippen LogP contribution is -2.32. The van der Waals surface area contributed by atoms with Crippen LogP contribution in [0.4, 0.5) is 0 Å². The van der Waals surface area contributed by atoms with E-state index in [1.807, 2.05) is 35.1 Å². The van der Waals surface area contributed by atoms with Gasteiger partial charge in [0.15, 0.2) is 0 Å². The van der Waals surface area contributed by atoms with Gasteiger partial charge >= 0.3 is 0 Å². The van der Waals surface area contributed by atoms with Gasteiger partial charge in [-0.25, -0.2) is 5.48 Å². The third-order valence-corrected chi connectivity index (χ3v) is 4.97. The fraction of sp³-hybridized carbons (Fsp3) is 0.450. The van der Waals surface area contributed by atoms with Crippen LogP contribution in [0.3, 0.4) is 0 Å². The molecule has 3 N–H and O–H groups in total. The maximum Gasteiger partial charge on any atom is 0.267 e. The first-order valence-corrected chi connectivity index (χ1v) is 9.43. The van der Waals surface area contributed by atoms with Crippen LogP contribution in [0.2, 0.25) is 0 Å². The van der Waals surface area contributed by atoms with Crippen LogP contribution in [0.1, 0.15) is 43.5 Å². The molecule has 8 nitrogen and oxygen atoms in total. The number of aromatic nitrogens is 3. The molecule has 1 fully saturated rings. The predicted octanol–water partition coefficient (Wildman–Crippen LogP) is 1.69. The van der Waals surface area contributed by atoms with E-state index in [-0.39, 0.29) is 0 Å². The zero-order valence-corrected chi connectivity index (χ0v) is 16.2. The van der Waals surface area contributed by atoms with Crippen LogP contribution in [-0.4, -0.2) is 48.7 Å². The molecule has 0 spiro atoms. The number of likely N-dealkylation sites (tertiary alicyclic amines) is 1. The van der Waals surface area contributed by atoms with Crippen LogP contribution < -0.4 is 5.48 Å². The number of rotatable bonds is 7. The summed E-state index contributed by atoms with van der Waals surface area (Å²) in [6, 6.07) is 8.38. The second-order valence-corrected chi connectivity index (χ2v) is 7.70. The lowest BCUT2D eigenvalue weighted by molar-refractivity contribution is -0.124. The Morgan fingerprint density at radius 1 is 1.36 bits per heavy atom. The van der Waals surface area contributed by atoms with Crippen molar-refractivity contribution in [2.75, 3.05) is 6.54 Å². The molecule has 28 heavy (non-hydrogen) atoms. The Morgan fingerprint density at radius 2 is 2.11 bits per heavy atom. The predicted molar refractivity (Wildman–Crippen MR) is 104 cm³/mol. The van der Waals surface area contributed by atoms with Crippen LogP contribution >= 0.6 is 0 Å². The van der Waals surface area contributed by atoms with E-state index in [9.17, 15) is 9.90 Å². The lowest BCUT2D eigenvalue weighted by Gasteiger charge is -2.24. The zero-order chi connectivity index (χ0) is 20.1. The first-order chi connectivity index (χ1) is 13.3. The average molecular weight is 385 g/mol. The third-order valence-electron chi connectivity index (χ3n) is 4.97. The molecule has 0 bridgehead atoms. The minimum Gasteiger partial charge on any atom is -0.384 e. The van der Waals surface area contributed by atoms with Crippen LogP contribution in [0, 0.1) is 0 Å². The van der Waals surface area contributed by atoms with E-state index in [1.54, 1.807) is 25.4 Å². The van der Waals surface area contributed by atoms with Gasteiger partial charge in [-0.1, -0.05) is 29.5 Å². The molecule has 1 atom stereocenters. The number of nitrogens with one attached hydrogen (secondary N) is 1. The number of hydrogen-bond acceptors (Lipinski definition) is 6. The van der Waals surface area contributed by atoms with Crippen LogP contribution in [0.25, 0.3) is 6.08 Å². The van der Waals surface area contributed by atoms with Crippen molar-refractivity contribution in [2.45, 2.75) is 51.4 Å². The Bertz CT molecular complexity index is 823. The maximum absolute atomic E-state index is 11.0. The maximum atomic E-state index is 11.0. The molecule has 1 aromatic heterocycles. The minimum atomic E-state index is -0.984. The Morgan fingerprint density at radius 3 is 2.75 bits per heavy atom. The molecule has 0 aliphatic carbocycles. The molecule has 0 unspecified atom stereocenters. The normalized spacial score (nSPS) is 18.1. The van der Waals surface area contributed by atoms with Crippen LogP contribution in [0.5, 0.6) is 0 Å². The first-order valence-electron chi connectivity index (χ1n) is 9.43. The van der Waals surface area contributed by atoms with Crippen molar-refractivity contribution in [3.8, 4) is 0 Å². The van der Waals surface area contributed by atoms with Gasteiger partial charge in [0.1, 0.15) is 11.3 Å². The van der Waals surface area contributed by atoms with Crippen molar-refractivity contribution in [1.82, 2.24) is 25.4 Å². The van der Waals surface area contributed by atoms with Gasteiger partial charge in [-0.2, -0.15) is 0 Å². The molecule has 1 saturated heterocycles. The van der Waals surface area contributed by atoms with Crippen molar-refractivity contribution in [1.29, 1.82) is 0 Å². The van der Waals surface area contributed by atoms with Gasteiger partial charge in [0.2, 0.25) is 0 Å². The quantitative estimate of drug-likeness (QED) is 0.381. The van der Waals surface area contributed by atoms with Gasteiger partial charge in [0.25, 0.3) is 5.91 Å². The van der Waals surface area contributed by atoms with Gasteiger partial charge < -0.3 is 5.11 Å². The highest BCUT2D eigenvalue weighted by Crippen LogP contribution is 2.22. The largest absolute Gasteiger partial charge is 0.384 e. The molecule has 1 aromatic carbocycles. The summed E-state index contributed by atoms with van der Waals surface area (Å²) in [7, 11) is 0. The molecule has 0 saturated carbocycles. The second-order valence-electron chi connectivity index (χ2n) is 7.70. The van der Waals surface area contributed by atoms with Gasteiger partial charge in [-0.05, 0) is 50.4 Å². The monoisotopic (exact) mass is 385 g/mol. The molecule has 150 valence electrons. The van der Waals surface area contributed by atoms with E-state index in [1.165, 1.54) is 11.6 Å². The summed E-state index contributed by atoms with van der Waals surface area (Å²) in [4.78, 5) is 13.5. The standard InChI is InChI=1S/C20H27N5O3/c1-20(2,27)18-14-25(23-21-18)13-17-4-3-11-24(17)12-16-7-5-15(6-8-16)9-10-19(26)22-28/h5-10,14,17,27-28H,3-4,11-13H2,1-2H3,(H,22,26)/t17-/m1/s1. The number of carbonyl (C=O) groups excluding carboxylic acids is 1. The van der Waals surface area contributed by atoms with Crippen molar-refractivity contribution in [3.63, 3.8) is 0 Å². The fourth-order valence-corrected chi connectivity index (χ4v) is 3.37. The van der Waals surface area contributed by atoms with E-state index in [0.29, 0.717) is 11.7 Å². The third kappa shape index (κ3) is 5.25. The summed E-state index contributed by atoms with van der Waals surface area (Å²) >= 11 is 0. The van der Waals surface area contributed by atoms with Crippen molar-refractivity contribution >= 4 is 12.0 Å². The van der Waals surface area contributed by atoms with Gasteiger partial charge in [-0.15, -0.1) is 5.10 Å². The summed E-state index contributed by atoms with van der Waals surface area (Å²) in [5, 5.41) is 26.8. The number of carbonyl (C=O) groups is 1. The lowest BCUT2D eigenvalue weighted by atomic mass is 10.1. The molecule has 1 aliphatic rings. The van der Waals surface area contributed by atoms with Gasteiger partial charge in [-0.3, -0.25) is 19.6 Å². The molecular formula is C20H27N5O3. The second kappa shape index (κ2) is 8.64. The number of nitrogens with zero attached hydrogens (tertiary/aromatic N) is 4. The summed E-state index contributed by atoms with van der Waals surface area (Å²) in [6.45, 7) is 6.05. The van der Waals surface area contributed by atoms with Crippen molar-refractivity contribution < 1.29 is 15.1 Å². The number of amides is 1. The smallest absolute Gasteiger partial charge is 0.267 e. The van der Waals surface area contributed by atoms with Crippen molar-refractivity contribution in [3.05, 3.63) is 53.4 Å². The first kappa shape index (κ1) is 20.2. The Kier molecular flexibility index (Phi) is 6.23. The summed E-state index contributed by atoms with van der Waals surface area (Å²) in [5.41, 5.74) is 3.26. The molecular weight excluding hydrogens is 358 g/mol. The number of benzene rings is 1. The number of hydroxylamine groups is 1. The number of aliphatic hydroxyl groups is 1. The topological polar surface area (TPSA) is 104 Å². The van der Waals surface area contributed by atoms with Gasteiger partial charge in [0.05, 0.1) is 12.7 Å². The molecule has 8 heteroatoms. The van der Waals surface area contributed by atoms with Crippen molar-refractivity contribution in [2.24, 2.45) is 0 Å². The summed E-state index contributed by atoms with van der Waals surface area (Å²) < 4.78 is 1.82. The highest BCUT2D eigenvalue weighted by molar-refractivity contribution is 5.90. The summed E-state index contributed by atoms with van der Waals surface area (Å²) in [6.07, 6.45) is 7.01. The van der Waals surface area contributed by atoms with E-state index in [2.05, 4.69) is 15.2 Å². The van der Waals surface area contributed by atoms with E-state index < -0.39 is 11.5 Å². The SMILES string of the molecule is CC(C)(O)c1cn(C[C@H]2CCCN2Cc2ccc(C=CC(=O)NO)cc2)nn1. The van der Waals surface area contributed by atoms with Crippen LogP contribution in [0.15, 0.2) is 36.5 Å².